The molecule has 0 radical (unpaired) electrons. The second-order valence-electron chi connectivity index (χ2n) is 5.95. The van der Waals surface area contributed by atoms with Crippen LogP contribution in [0.25, 0.3) is 0 Å². The van der Waals surface area contributed by atoms with Gasteiger partial charge >= 0.3 is 0 Å². The first-order valence-corrected chi connectivity index (χ1v) is 8.56. The third kappa shape index (κ3) is 14.1. The molecule has 0 bridgehead atoms. The minimum atomic E-state index is -0.299. The average molecular weight is 272 g/mol. The van der Waals surface area contributed by atoms with Crippen LogP contribution in [0, 0.1) is 0 Å². The van der Waals surface area contributed by atoms with Crippen molar-refractivity contribution >= 4 is 0 Å². The van der Waals surface area contributed by atoms with Crippen molar-refractivity contribution < 1.29 is 10.2 Å². The number of aliphatic hydroxyl groups is 2. The Hall–Kier alpha value is -0.0800. The van der Waals surface area contributed by atoms with Crippen molar-refractivity contribution in [3.8, 4) is 0 Å². The van der Waals surface area contributed by atoms with Gasteiger partial charge in [0.2, 0.25) is 0 Å². The summed E-state index contributed by atoms with van der Waals surface area (Å²) in [4.78, 5) is 0. The Bertz CT molecular complexity index is 153. The van der Waals surface area contributed by atoms with Gasteiger partial charge in [0, 0.05) is 0 Å². The lowest BCUT2D eigenvalue weighted by Gasteiger charge is -2.15. The minimum absolute atomic E-state index is 0.299. The summed E-state index contributed by atoms with van der Waals surface area (Å²) in [5, 5.41) is 19.7. The molecule has 0 amide bonds. The van der Waals surface area contributed by atoms with Gasteiger partial charge in [-0.05, 0) is 19.3 Å². The predicted molar refractivity (Wildman–Crippen MR) is 83.4 cm³/mol. The molecule has 0 fully saturated rings. The van der Waals surface area contributed by atoms with E-state index in [1.807, 2.05) is 0 Å². The third-order valence-electron chi connectivity index (χ3n) is 3.83. The first kappa shape index (κ1) is 18.9. The first-order valence-electron chi connectivity index (χ1n) is 8.56. The van der Waals surface area contributed by atoms with Gasteiger partial charge in [-0.3, -0.25) is 0 Å². The molecular weight excluding hydrogens is 236 g/mol. The van der Waals surface area contributed by atoms with Gasteiger partial charge in [0.25, 0.3) is 0 Å². The normalized spacial score (nSPS) is 14.5. The molecule has 2 heteroatoms. The van der Waals surface area contributed by atoms with Crippen LogP contribution in [-0.4, -0.2) is 22.4 Å². The highest BCUT2D eigenvalue weighted by Crippen LogP contribution is 2.14. The van der Waals surface area contributed by atoms with Crippen LogP contribution < -0.4 is 0 Å². The van der Waals surface area contributed by atoms with E-state index in [9.17, 15) is 10.2 Å². The highest BCUT2D eigenvalue weighted by Gasteiger charge is 2.11. The standard InChI is InChI=1S/C17H36O2/c1-3-5-7-9-11-13-16(18)15-17(19)14-12-10-8-6-4-2/h16-19H,3-15H2,1-2H3/t16-,17-/m0/s1. The maximum Gasteiger partial charge on any atom is 0.0564 e. The lowest BCUT2D eigenvalue weighted by molar-refractivity contribution is 0.0680. The van der Waals surface area contributed by atoms with Crippen LogP contribution in [0.4, 0.5) is 0 Å². The van der Waals surface area contributed by atoms with Crippen LogP contribution in [0.1, 0.15) is 97.3 Å². The molecule has 2 nitrogen and oxygen atoms in total. The second-order valence-corrected chi connectivity index (χ2v) is 5.95. The van der Waals surface area contributed by atoms with Crippen molar-refractivity contribution in [2.24, 2.45) is 0 Å². The fourth-order valence-corrected chi connectivity index (χ4v) is 2.52. The van der Waals surface area contributed by atoms with Gasteiger partial charge in [-0.1, -0.05) is 78.1 Å². The quantitative estimate of drug-likeness (QED) is 0.445. The number of rotatable bonds is 14. The van der Waals surface area contributed by atoms with E-state index in [2.05, 4.69) is 13.8 Å². The molecule has 0 aliphatic heterocycles. The summed E-state index contributed by atoms with van der Waals surface area (Å²) in [5.74, 6) is 0. The summed E-state index contributed by atoms with van der Waals surface area (Å²) in [5.41, 5.74) is 0. The van der Waals surface area contributed by atoms with Crippen LogP contribution in [0.15, 0.2) is 0 Å². The fraction of sp³-hybridized carbons (Fsp3) is 1.00. The molecule has 0 rings (SSSR count). The summed E-state index contributed by atoms with van der Waals surface area (Å²) in [6.45, 7) is 4.43. The van der Waals surface area contributed by atoms with Gasteiger partial charge < -0.3 is 10.2 Å². The molecule has 19 heavy (non-hydrogen) atoms. The van der Waals surface area contributed by atoms with Gasteiger partial charge in [0.1, 0.15) is 0 Å². The van der Waals surface area contributed by atoms with Crippen LogP contribution in [0.3, 0.4) is 0 Å². The molecule has 0 aliphatic rings. The maximum absolute atomic E-state index is 9.86. The summed E-state index contributed by atoms with van der Waals surface area (Å²) in [6, 6.07) is 0. The SMILES string of the molecule is CCCCCCC[C@H](O)C[C@@H](O)CCCCCCC. The van der Waals surface area contributed by atoms with E-state index in [4.69, 9.17) is 0 Å². The van der Waals surface area contributed by atoms with E-state index in [-0.39, 0.29) is 12.2 Å². The molecule has 0 unspecified atom stereocenters. The Morgan fingerprint density at radius 2 is 0.947 bits per heavy atom. The average Bonchev–Trinajstić information content (AvgIpc) is 2.38. The number of aliphatic hydroxyl groups excluding tert-OH is 2. The van der Waals surface area contributed by atoms with Crippen LogP contribution in [0.2, 0.25) is 0 Å². The van der Waals surface area contributed by atoms with Crippen molar-refractivity contribution in [2.75, 3.05) is 0 Å². The first-order chi connectivity index (χ1) is 9.20. The van der Waals surface area contributed by atoms with Gasteiger partial charge in [0.15, 0.2) is 0 Å². The summed E-state index contributed by atoms with van der Waals surface area (Å²) in [7, 11) is 0. The molecule has 0 saturated heterocycles. The Kier molecular flexibility index (Phi) is 14.3. The van der Waals surface area contributed by atoms with Crippen molar-refractivity contribution in [3.05, 3.63) is 0 Å². The van der Waals surface area contributed by atoms with Crippen molar-refractivity contribution in [3.63, 3.8) is 0 Å². The summed E-state index contributed by atoms with van der Waals surface area (Å²) in [6.07, 6.45) is 14.0. The Labute approximate surface area is 120 Å². The van der Waals surface area contributed by atoms with E-state index in [0.29, 0.717) is 6.42 Å². The van der Waals surface area contributed by atoms with E-state index in [1.54, 1.807) is 0 Å². The van der Waals surface area contributed by atoms with Gasteiger partial charge in [0.05, 0.1) is 12.2 Å². The largest absolute Gasteiger partial charge is 0.393 e. The lowest BCUT2D eigenvalue weighted by Crippen LogP contribution is -2.17. The van der Waals surface area contributed by atoms with Gasteiger partial charge in [-0.2, -0.15) is 0 Å². The number of hydrogen-bond acceptors (Lipinski definition) is 2. The predicted octanol–water partition coefficient (Wildman–Crippen LogP) is 4.82. The Balaban J connectivity index is 3.34. The fourth-order valence-electron chi connectivity index (χ4n) is 2.52. The second kappa shape index (κ2) is 14.3. The number of hydrogen-bond donors (Lipinski definition) is 2. The Morgan fingerprint density at radius 3 is 1.32 bits per heavy atom. The molecular formula is C17H36O2. The molecule has 2 N–H and O–H groups in total. The molecule has 116 valence electrons. The zero-order chi connectivity index (χ0) is 14.3. The Morgan fingerprint density at radius 1 is 0.579 bits per heavy atom. The summed E-state index contributed by atoms with van der Waals surface area (Å²) >= 11 is 0. The van der Waals surface area contributed by atoms with E-state index < -0.39 is 0 Å². The van der Waals surface area contributed by atoms with Gasteiger partial charge in [-0.15, -0.1) is 0 Å². The van der Waals surface area contributed by atoms with Crippen molar-refractivity contribution in [2.45, 2.75) is 110 Å². The molecule has 0 aliphatic carbocycles. The van der Waals surface area contributed by atoms with E-state index in [0.717, 1.165) is 25.7 Å². The lowest BCUT2D eigenvalue weighted by atomic mass is 10.0. The topological polar surface area (TPSA) is 40.5 Å². The molecule has 0 spiro atoms. The van der Waals surface area contributed by atoms with Gasteiger partial charge in [-0.25, -0.2) is 0 Å². The van der Waals surface area contributed by atoms with Crippen LogP contribution in [0.5, 0.6) is 0 Å². The molecule has 0 saturated carbocycles. The molecule has 0 aromatic heterocycles. The van der Waals surface area contributed by atoms with Crippen LogP contribution in [-0.2, 0) is 0 Å². The smallest absolute Gasteiger partial charge is 0.0564 e. The molecule has 0 heterocycles. The molecule has 0 aromatic rings. The monoisotopic (exact) mass is 272 g/mol. The number of unbranched alkanes of at least 4 members (excludes halogenated alkanes) is 8. The molecule has 0 aromatic carbocycles. The maximum atomic E-state index is 9.86. The van der Waals surface area contributed by atoms with Crippen molar-refractivity contribution in [1.29, 1.82) is 0 Å². The minimum Gasteiger partial charge on any atom is -0.393 e. The van der Waals surface area contributed by atoms with Crippen LogP contribution >= 0.6 is 0 Å². The highest BCUT2D eigenvalue weighted by atomic mass is 16.3. The zero-order valence-electron chi connectivity index (χ0n) is 13.2. The molecule has 2 atom stereocenters. The summed E-state index contributed by atoms with van der Waals surface area (Å²) < 4.78 is 0. The zero-order valence-corrected chi connectivity index (χ0v) is 13.2. The van der Waals surface area contributed by atoms with E-state index >= 15 is 0 Å². The third-order valence-corrected chi connectivity index (χ3v) is 3.83. The van der Waals surface area contributed by atoms with Crippen molar-refractivity contribution in [1.82, 2.24) is 0 Å². The highest BCUT2D eigenvalue weighted by molar-refractivity contribution is 4.64. The van der Waals surface area contributed by atoms with E-state index in [1.165, 1.54) is 51.4 Å².